The number of carbonyl (C=O) groups is 1. The molecule has 0 aliphatic carbocycles. The number of hydrogen-bond acceptors (Lipinski definition) is 1. The van der Waals surface area contributed by atoms with Crippen LogP contribution in [0.2, 0.25) is 5.02 Å². The summed E-state index contributed by atoms with van der Waals surface area (Å²) in [7, 11) is 0. The van der Waals surface area contributed by atoms with Crippen LogP contribution in [-0.2, 0) is 5.41 Å². The fourth-order valence-electron chi connectivity index (χ4n) is 2.00. The van der Waals surface area contributed by atoms with E-state index in [0.717, 1.165) is 0 Å². The molecule has 0 radical (unpaired) electrons. The summed E-state index contributed by atoms with van der Waals surface area (Å²) in [4.78, 5) is 12.1. The van der Waals surface area contributed by atoms with Crippen molar-refractivity contribution in [2.24, 2.45) is 0 Å². The zero-order valence-corrected chi connectivity index (χ0v) is 12.4. The maximum atomic E-state index is 12.1. The summed E-state index contributed by atoms with van der Waals surface area (Å²) >= 11 is 5.81. The molecule has 0 fully saturated rings. The van der Waals surface area contributed by atoms with Gasteiger partial charge >= 0.3 is 0 Å². The minimum absolute atomic E-state index is 0.0781. The predicted molar refractivity (Wildman–Crippen MR) is 83.3 cm³/mol. The molecule has 20 heavy (non-hydrogen) atoms. The number of nitrogens with one attached hydrogen (secondary N) is 1. The maximum Gasteiger partial charge on any atom is 0.251 e. The zero-order valence-electron chi connectivity index (χ0n) is 11.7. The molecule has 0 heterocycles. The summed E-state index contributed by atoms with van der Waals surface area (Å²) in [5.74, 6) is -0.0781. The van der Waals surface area contributed by atoms with E-state index < -0.39 is 0 Å². The molecule has 0 unspecified atom stereocenters. The highest BCUT2D eigenvalue weighted by atomic mass is 35.5. The Balaban J connectivity index is 2.01. The van der Waals surface area contributed by atoms with Crippen LogP contribution in [0.4, 0.5) is 0 Å². The van der Waals surface area contributed by atoms with Gasteiger partial charge in [-0.3, -0.25) is 4.79 Å². The molecular formula is C17H18ClNO. The maximum absolute atomic E-state index is 12.1. The number of hydrogen-bond donors (Lipinski definition) is 1. The van der Waals surface area contributed by atoms with E-state index in [2.05, 4.69) is 31.3 Å². The number of rotatable bonds is 4. The van der Waals surface area contributed by atoms with Gasteiger partial charge in [-0.2, -0.15) is 0 Å². The molecule has 0 bridgehead atoms. The Hall–Kier alpha value is -1.80. The number of benzene rings is 2. The lowest BCUT2D eigenvalue weighted by atomic mass is 9.84. The average molecular weight is 288 g/mol. The van der Waals surface area contributed by atoms with Crippen LogP contribution in [0.3, 0.4) is 0 Å². The molecule has 0 spiro atoms. The van der Waals surface area contributed by atoms with E-state index >= 15 is 0 Å². The topological polar surface area (TPSA) is 29.1 Å². The third-order valence-electron chi connectivity index (χ3n) is 3.35. The molecule has 0 atom stereocenters. The second-order valence-electron chi connectivity index (χ2n) is 5.44. The lowest BCUT2D eigenvalue weighted by molar-refractivity contribution is 0.0945. The van der Waals surface area contributed by atoms with Crippen molar-refractivity contribution in [2.45, 2.75) is 19.3 Å². The third kappa shape index (κ3) is 3.61. The van der Waals surface area contributed by atoms with Gasteiger partial charge in [0, 0.05) is 22.5 Å². The first-order chi connectivity index (χ1) is 9.49. The van der Waals surface area contributed by atoms with Gasteiger partial charge in [-0.05, 0) is 29.8 Å². The molecule has 1 amide bonds. The first kappa shape index (κ1) is 14.6. The summed E-state index contributed by atoms with van der Waals surface area (Å²) < 4.78 is 0. The molecule has 2 rings (SSSR count). The molecule has 2 aromatic carbocycles. The summed E-state index contributed by atoms with van der Waals surface area (Å²) in [5.41, 5.74) is 1.72. The number of amides is 1. The van der Waals surface area contributed by atoms with E-state index in [1.165, 1.54) is 5.56 Å². The first-order valence-corrected chi connectivity index (χ1v) is 6.96. The molecular weight excluding hydrogens is 270 g/mol. The average Bonchev–Trinajstić information content (AvgIpc) is 2.46. The zero-order chi connectivity index (χ0) is 14.6. The van der Waals surface area contributed by atoms with Crippen LogP contribution in [0.1, 0.15) is 29.8 Å². The summed E-state index contributed by atoms with van der Waals surface area (Å²) in [5, 5.41) is 3.61. The standard InChI is InChI=1S/C17H18ClNO/c1-17(2,14-6-4-3-5-7-14)12-19-16(20)13-8-10-15(18)11-9-13/h3-11H,12H2,1-2H3,(H,19,20). The van der Waals surface area contributed by atoms with Crippen molar-refractivity contribution in [3.63, 3.8) is 0 Å². The Labute approximate surface area is 124 Å². The van der Waals surface area contributed by atoms with E-state index in [1.807, 2.05) is 18.2 Å². The van der Waals surface area contributed by atoms with E-state index in [1.54, 1.807) is 24.3 Å². The smallest absolute Gasteiger partial charge is 0.251 e. The molecule has 0 aromatic heterocycles. The molecule has 2 nitrogen and oxygen atoms in total. The largest absolute Gasteiger partial charge is 0.351 e. The van der Waals surface area contributed by atoms with Crippen molar-refractivity contribution >= 4 is 17.5 Å². The fourth-order valence-corrected chi connectivity index (χ4v) is 2.12. The van der Waals surface area contributed by atoms with E-state index in [0.29, 0.717) is 17.1 Å². The van der Waals surface area contributed by atoms with Gasteiger partial charge in [0.2, 0.25) is 0 Å². The second kappa shape index (κ2) is 6.10. The van der Waals surface area contributed by atoms with Crippen LogP contribution < -0.4 is 5.32 Å². The highest BCUT2D eigenvalue weighted by Crippen LogP contribution is 2.21. The van der Waals surface area contributed by atoms with Crippen molar-refractivity contribution < 1.29 is 4.79 Å². The molecule has 0 aliphatic rings. The van der Waals surface area contributed by atoms with Crippen molar-refractivity contribution in [1.82, 2.24) is 5.32 Å². The lowest BCUT2D eigenvalue weighted by Crippen LogP contribution is -2.36. The van der Waals surface area contributed by atoms with E-state index in [-0.39, 0.29) is 11.3 Å². The highest BCUT2D eigenvalue weighted by Gasteiger charge is 2.21. The van der Waals surface area contributed by atoms with Gasteiger partial charge < -0.3 is 5.32 Å². The molecule has 0 aliphatic heterocycles. The van der Waals surface area contributed by atoms with Crippen LogP contribution >= 0.6 is 11.6 Å². The molecule has 2 aromatic rings. The first-order valence-electron chi connectivity index (χ1n) is 6.58. The van der Waals surface area contributed by atoms with Gasteiger partial charge in [0.1, 0.15) is 0 Å². The monoisotopic (exact) mass is 287 g/mol. The Morgan fingerprint density at radius 2 is 1.65 bits per heavy atom. The summed E-state index contributed by atoms with van der Waals surface area (Å²) in [6.45, 7) is 4.81. The third-order valence-corrected chi connectivity index (χ3v) is 3.60. The fraction of sp³-hybridized carbons (Fsp3) is 0.235. The summed E-state index contributed by atoms with van der Waals surface area (Å²) in [6, 6.07) is 17.1. The Kier molecular flexibility index (Phi) is 4.46. The number of carbonyl (C=O) groups excluding carboxylic acids is 1. The van der Waals surface area contributed by atoms with Crippen molar-refractivity contribution in [3.05, 3.63) is 70.7 Å². The quantitative estimate of drug-likeness (QED) is 0.903. The minimum Gasteiger partial charge on any atom is -0.351 e. The molecule has 1 N–H and O–H groups in total. The van der Waals surface area contributed by atoms with Gasteiger partial charge in [0.05, 0.1) is 0 Å². The van der Waals surface area contributed by atoms with Crippen LogP contribution in [0.5, 0.6) is 0 Å². The number of halogens is 1. The van der Waals surface area contributed by atoms with Gasteiger partial charge in [-0.25, -0.2) is 0 Å². The molecule has 104 valence electrons. The molecule has 0 saturated heterocycles. The summed E-state index contributed by atoms with van der Waals surface area (Å²) in [6.07, 6.45) is 0. The Morgan fingerprint density at radius 3 is 2.25 bits per heavy atom. The van der Waals surface area contributed by atoms with Gasteiger partial charge in [-0.1, -0.05) is 55.8 Å². The van der Waals surface area contributed by atoms with E-state index in [9.17, 15) is 4.79 Å². The lowest BCUT2D eigenvalue weighted by Gasteiger charge is -2.25. The van der Waals surface area contributed by atoms with Gasteiger partial charge in [0.25, 0.3) is 5.91 Å². The van der Waals surface area contributed by atoms with Gasteiger partial charge in [0.15, 0.2) is 0 Å². The van der Waals surface area contributed by atoms with Crippen molar-refractivity contribution in [2.75, 3.05) is 6.54 Å². The van der Waals surface area contributed by atoms with Crippen LogP contribution in [0.15, 0.2) is 54.6 Å². The van der Waals surface area contributed by atoms with Crippen molar-refractivity contribution in [3.8, 4) is 0 Å². The highest BCUT2D eigenvalue weighted by molar-refractivity contribution is 6.30. The molecule has 0 saturated carbocycles. The van der Waals surface area contributed by atoms with Crippen molar-refractivity contribution in [1.29, 1.82) is 0 Å². The Morgan fingerprint density at radius 1 is 1.05 bits per heavy atom. The normalized spacial score (nSPS) is 11.2. The van der Waals surface area contributed by atoms with Gasteiger partial charge in [-0.15, -0.1) is 0 Å². The Bertz CT molecular complexity index is 576. The minimum atomic E-state index is -0.108. The van der Waals surface area contributed by atoms with Crippen LogP contribution in [0, 0.1) is 0 Å². The van der Waals surface area contributed by atoms with Crippen LogP contribution in [-0.4, -0.2) is 12.5 Å². The van der Waals surface area contributed by atoms with E-state index in [4.69, 9.17) is 11.6 Å². The SMILES string of the molecule is CC(C)(CNC(=O)c1ccc(Cl)cc1)c1ccccc1. The predicted octanol–water partition coefficient (Wildman–Crippen LogP) is 4.05. The second-order valence-corrected chi connectivity index (χ2v) is 5.88. The van der Waals surface area contributed by atoms with Crippen LogP contribution in [0.25, 0.3) is 0 Å². The molecule has 3 heteroatoms.